The zero-order chi connectivity index (χ0) is 14.4. The fourth-order valence-electron chi connectivity index (χ4n) is 2.50. The SMILES string of the molecule is CC(=O)CCCC(=O)N1CCN(c2ccccc2)CC1. The molecule has 1 heterocycles. The zero-order valence-electron chi connectivity index (χ0n) is 12.0. The van der Waals surface area contributed by atoms with E-state index in [4.69, 9.17) is 0 Å². The van der Waals surface area contributed by atoms with E-state index in [9.17, 15) is 9.59 Å². The number of Topliss-reactive ketones (excluding diaryl/α,β-unsaturated/α-hetero) is 1. The Morgan fingerprint density at radius 1 is 1.00 bits per heavy atom. The van der Waals surface area contributed by atoms with Gasteiger partial charge in [0.15, 0.2) is 0 Å². The Kier molecular flexibility index (Phi) is 5.16. The number of benzene rings is 1. The van der Waals surface area contributed by atoms with E-state index < -0.39 is 0 Å². The first-order valence-corrected chi connectivity index (χ1v) is 7.24. The second-order valence-electron chi connectivity index (χ2n) is 5.26. The predicted molar refractivity (Wildman–Crippen MR) is 79.8 cm³/mol. The van der Waals surface area contributed by atoms with Crippen LogP contribution in [0.25, 0.3) is 0 Å². The summed E-state index contributed by atoms with van der Waals surface area (Å²) in [6, 6.07) is 10.3. The van der Waals surface area contributed by atoms with E-state index in [1.807, 2.05) is 23.1 Å². The van der Waals surface area contributed by atoms with Gasteiger partial charge in [0.1, 0.15) is 5.78 Å². The fourth-order valence-corrected chi connectivity index (χ4v) is 2.50. The van der Waals surface area contributed by atoms with Crippen molar-refractivity contribution in [1.82, 2.24) is 4.90 Å². The molecule has 0 bridgehead atoms. The van der Waals surface area contributed by atoms with Crippen molar-refractivity contribution in [3.05, 3.63) is 30.3 Å². The molecule has 20 heavy (non-hydrogen) atoms. The van der Waals surface area contributed by atoms with Crippen LogP contribution >= 0.6 is 0 Å². The molecule has 1 fully saturated rings. The summed E-state index contributed by atoms with van der Waals surface area (Å²) in [6.07, 6.45) is 1.67. The maximum atomic E-state index is 12.0. The maximum Gasteiger partial charge on any atom is 0.222 e. The van der Waals surface area contributed by atoms with Crippen LogP contribution < -0.4 is 4.90 Å². The highest BCUT2D eigenvalue weighted by Crippen LogP contribution is 2.16. The van der Waals surface area contributed by atoms with Gasteiger partial charge >= 0.3 is 0 Å². The predicted octanol–water partition coefficient (Wildman–Crippen LogP) is 2.09. The molecule has 1 aromatic rings. The van der Waals surface area contributed by atoms with Crippen LogP contribution in [-0.4, -0.2) is 42.8 Å². The average Bonchev–Trinajstić information content (AvgIpc) is 2.48. The summed E-state index contributed by atoms with van der Waals surface area (Å²) in [5, 5.41) is 0. The summed E-state index contributed by atoms with van der Waals surface area (Å²) in [4.78, 5) is 27.1. The molecular formula is C16H22N2O2. The van der Waals surface area contributed by atoms with Gasteiger partial charge in [0.05, 0.1) is 0 Å². The number of piperazine rings is 1. The quantitative estimate of drug-likeness (QED) is 0.825. The highest BCUT2D eigenvalue weighted by Gasteiger charge is 2.20. The summed E-state index contributed by atoms with van der Waals surface area (Å²) in [5.41, 5.74) is 1.22. The fraction of sp³-hybridized carbons (Fsp3) is 0.500. The van der Waals surface area contributed by atoms with Gasteiger partial charge < -0.3 is 14.6 Å². The summed E-state index contributed by atoms with van der Waals surface area (Å²) < 4.78 is 0. The average molecular weight is 274 g/mol. The lowest BCUT2D eigenvalue weighted by molar-refractivity contribution is -0.131. The number of carbonyl (C=O) groups is 2. The van der Waals surface area contributed by atoms with Crippen molar-refractivity contribution >= 4 is 17.4 Å². The normalized spacial score (nSPS) is 15.2. The second kappa shape index (κ2) is 7.08. The Bertz CT molecular complexity index is 451. The van der Waals surface area contributed by atoms with Gasteiger partial charge in [-0.25, -0.2) is 0 Å². The minimum Gasteiger partial charge on any atom is -0.368 e. The molecule has 108 valence electrons. The molecule has 0 spiro atoms. The summed E-state index contributed by atoms with van der Waals surface area (Å²) >= 11 is 0. The van der Waals surface area contributed by atoms with Crippen LogP contribution in [0.15, 0.2) is 30.3 Å². The van der Waals surface area contributed by atoms with Gasteiger partial charge in [-0.15, -0.1) is 0 Å². The first-order chi connectivity index (χ1) is 9.66. The minimum atomic E-state index is 0.159. The first kappa shape index (κ1) is 14.6. The topological polar surface area (TPSA) is 40.6 Å². The summed E-state index contributed by atoms with van der Waals surface area (Å²) in [6.45, 7) is 4.87. The molecule has 1 aliphatic rings. The molecule has 0 saturated carbocycles. The molecule has 2 rings (SSSR count). The number of carbonyl (C=O) groups excluding carboxylic acids is 2. The van der Waals surface area contributed by atoms with Crippen molar-refractivity contribution in [2.45, 2.75) is 26.2 Å². The highest BCUT2D eigenvalue weighted by atomic mass is 16.2. The highest BCUT2D eigenvalue weighted by molar-refractivity contribution is 5.79. The van der Waals surface area contributed by atoms with E-state index in [2.05, 4.69) is 17.0 Å². The van der Waals surface area contributed by atoms with Gasteiger partial charge in [-0.1, -0.05) is 18.2 Å². The summed E-state index contributed by atoms with van der Waals surface area (Å²) in [5.74, 6) is 0.339. The molecule has 0 N–H and O–H groups in total. The van der Waals surface area contributed by atoms with Gasteiger partial charge in [-0.2, -0.15) is 0 Å². The largest absolute Gasteiger partial charge is 0.368 e. The lowest BCUT2D eigenvalue weighted by atomic mass is 10.1. The number of hydrogen-bond donors (Lipinski definition) is 0. The van der Waals surface area contributed by atoms with Crippen LogP contribution in [0, 0.1) is 0 Å². The van der Waals surface area contributed by atoms with Gasteiger partial charge in [0.2, 0.25) is 5.91 Å². The smallest absolute Gasteiger partial charge is 0.222 e. The second-order valence-corrected chi connectivity index (χ2v) is 5.26. The van der Waals surface area contributed by atoms with E-state index >= 15 is 0 Å². The van der Waals surface area contributed by atoms with E-state index in [0.29, 0.717) is 19.3 Å². The molecule has 4 heteroatoms. The van der Waals surface area contributed by atoms with Crippen molar-refractivity contribution in [3.8, 4) is 0 Å². The third-order valence-corrected chi connectivity index (χ3v) is 3.67. The number of nitrogens with zero attached hydrogens (tertiary/aromatic N) is 2. The number of ketones is 1. The molecule has 1 saturated heterocycles. The lowest BCUT2D eigenvalue weighted by Gasteiger charge is -2.36. The van der Waals surface area contributed by atoms with E-state index in [1.165, 1.54) is 5.69 Å². The van der Waals surface area contributed by atoms with Crippen LogP contribution in [0.3, 0.4) is 0 Å². The van der Waals surface area contributed by atoms with Crippen LogP contribution in [0.5, 0.6) is 0 Å². The molecule has 0 unspecified atom stereocenters. The molecule has 4 nitrogen and oxygen atoms in total. The Morgan fingerprint density at radius 2 is 1.65 bits per heavy atom. The van der Waals surface area contributed by atoms with Crippen molar-refractivity contribution in [2.24, 2.45) is 0 Å². The van der Waals surface area contributed by atoms with Crippen molar-refractivity contribution in [3.63, 3.8) is 0 Å². The standard InChI is InChI=1S/C16H22N2O2/c1-14(19)6-5-9-16(20)18-12-10-17(11-13-18)15-7-3-2-4-8-15/h2-4,7-8H,5-6,9-13H2,1H3. The number of hydrogen-bond acceptors (Lipinski definition) is 3. The van der Waals surface area contributed by atoms with Gasteiger partial charge in [0.25, 0.3) is 0 Å². The number of amides is 1. The van der Waals surface area contributed by atoms with Gasteiger partial charge in [0, 0.05) is 44.7 Å². The molecule has 0 atom stereocenters. The lowest BCUT2D eigenvalue weighted by Crippen LogP contribution is -2.48. The Morgan fingerprint density at radius 3 is 2.25 bits per heavy atom. The van der Waals surface area contributed by atoms with E-state index in [1.54, 1.807) is 6.92 Å². The third kappa shape index (κ3) is 4.08. The first-order valence-electron chi connectivity index (χ1n) is 7.24. The Balaban J connectivity index is 1.76. The number of rotatable bonds is 5. The van der Waals surface area contributed by atoms with E-state index in [-0.39, 0.29) is 11.7 Å². The van der Waals surface area contributed by atoms with Crippen molar-refractivity contribution < 1.29 is 9.59 Å². The van der Waals surface area contributed by atoms with Gasteiger partial charge in [-0.3, -0.25) is 4.79 Å². The minimum absolute atomic E-state index is 0.159. The van der Waals surface area contributed by atoms with Crippen LogP contribution in [0.1, 0.15) is 26.2 Å². The number of anilines is 1. The third-order valence-electron chi connectivity index (χ3n) is 3.67. The zero-order valence-corrected chi connectivity index (χ0v) is 12.0. The monoisotopic (exact) mass is 274 g/mol. The molecule has 0 aliphatic carbocycles. The van der Waals surface area contributed by atoms with E-state index in [0.717, 1.165) is 26.2 Å². The van der Waals surface area contributed by atoms with Gasteiger partial charge in [-0.05, 0) is 25.5 Å². The van der Waals surface area contributed by atoms with Crippen LogP contribution in [-0.2, 0) is 9.59 Å². The molecule has 1 amide bonds. The molecule has 1 aromatic carbocycles. The molecular weight excluding hydrogens is 252 g/mol. The van der Waals surface area contributed by atoms with Crippen molar-refractivity contribution in [2.75, 3.05) is 31.1 Å². The van der Waals surface area contributed by atoms with Crippen molar-refractivity contribution in [1.29, 1.82) is 0 Å². The number of para-hydroxylation sites is 1. The Labute approximate surface area is 120 Å². The summed E-state index contributed by atoms with van der Waals surface area (Å²) in [7, 11) is 0. The molecule has 1 aliphatic heterocycles. The maximum absolute atomic E-state index is 12.0. The molecule has 0 radical (unpaired) electrons. The Hall–Kier alpha value is -1.84. The van der Waals surface area contributed by atoms with Crippen LogP contribution in [0.2, 0.25) is 0 Å². The van der Waals surface area contributed by atoms with Crippen LogP contribution in [0.4, 0.5) is 5.69 Å². The molecule has 0 aromatic heterocycles.